The van der Waals surface area contributed by atoms with Gasteiger partial charge in [0.05, 0.1) is 22.2 Å². The Morgan fingerprint density at radius 3 is 2.23 bits per heavy atom. The summed E-state index contributed by atoms with van der Waals surface area (Å²) in [6, 6.07) is 11.7. The van der Waals surface area contributed by atoms with Crippen LogP contribution < -0.4 is 21.2 Å². The summed E-state index contributed by atoms with van der Waals surface area (Å²) in [5.41, 5.74) is 2.27. The first kappa shape index (κ1) is 12.8. The van der Waals surface area contributed by atoms with Crippen LogP contribution in [0.1, 0.15) is 0 Å². The molecule has 5 heteroatoms. The van der Waals surface area contributed by atoms with Crippen LogP contribution in [-0.2, 0) is 0 Å². The van der Waals surface area contributed by atoms with Crippen LogP contribution in [0, 0.1) is 11.6 Å². The first-order valence-electron chi connectivity index (χ1n) is 6.74. The summed E-state index contributed by atoms with van der Waals surface area (Å²) in [4.78, 5) is 4.27. The second-order valence-electron chi connectivity index (χ2n) is 5.11. The van der Waals surface area contributed by atoms with Crippen LogP contribution in [0.3, 0.4) is 0 Å². The highest BCUT2D eigenvalue weighted by Crippen LogP contribution is 2.29. The number of nitrogens with one attached hydrogen (secondary N) is 2. The maximum absolute atomic E-state index is 13.4. The van der Waals surface area contributed by atoms with E-state index in [9.17, 15) is 8.78 Å². The van der Waals surface area contributed by atoms with E-state index in [4.69, 9.17) is 0 Å². The number of hydrogen-bond donors (Lipinski definition) is 2. The molecule has 2 aromatic carbocycles. The first-order valence-corrected chi connectivity index (χ1v) is 6.74. The minimum Gasteiger partial charge on any atom is -0.340 e. The molecule has 0 amide bonds. The molecule has 0 aliphatic carbocycles. The Morgan fingerprint density at radius 1 is 0.909 bits per heavy atom. The van der Waals surface area contributed by atoms with E-state index in [-0.39, 0.29) is 0 Å². The molecule has 2 N–H and O–H groups in total. The Hall–Kier alpha value is -2.95. The molecule has 0 radical (unpaired) electrons. The third kappa shape index (κ3) is 1.90. The van der Waals surface area contributed by atoms with Crippen molar-refractivity contribution in [3.05, 3.63) is 64.7 Å². The Balaban J connectivity index is 1.97. The highest BCUT2D eigenvalue weighted by Gasteiger charge is 2.14. The van der Waals surface area contributed by atoms with E-state index in [2.05, 4.69) is 22.2 Å². The average molecular weight is 295 g/mol. The molecule has 4 rings (SSSR count). The zero-order chi connectivity index (χ0) is 15.3. The van der Waals surface area contributed by atoms with Gasteiger partial charge < -0.3 is 10.6 Å². The van der Waals surface area contributed by atoms with Crippen LogP contribution in [0.2, 0.25) is 0 Å². The van der Waals surface area contributed by atoms with Gasteiger partial charge in [-0.05, 0) is 24.3 Å². The lowest BCUT2D eigenvalue weighted by Crippen LogP contribution is -2.32. The van der Waals surface area contributed by atoms with Gasteiger partial charge in [-0.2, -0.15) is 0 Å². The normalized spacial score (nSPS) is 12.9. The summed E-state index contributed by atoms with van der Waals surface area (Å²) in [7, 11) is 0. The van der Waals surface area contributed by atoms with Crippen LogP contribution in [0.25, 0.3) is 23.3 Å². The molecule has 1 aliphatic heterocycles. The van der Waals surface area contributed by atoms with Gasteiger partial charge in [0.1, 0.15) is 5.82 Å². The van der Waals surface area contributed by atoms with Crippen molar-refractivity contribution in [3.63, 3.8) is 0 Å². The van der Waals surface area contributed by atoms with E-state index in [1.54, 1.807) is 6.07 Å². The average Bonchev–Trinajstić information content (AvgIpc) is 2.92. The largest absolute Gasteiger partial charge is 0.340 e. The number of anilines is 2. The highest BCUT2D eigenvalue weighted by molar-refractivity contribution is 5.91. The third-order valence-corrected chi connectivity index (χ3v) is 3.65. The second-order valence-corrected chi connectivity index (χ2v) is 5.11. The van der Waals surface area contributed by atoms with Gasteiger partial charge in [-0.25, -0.2) is 13.8 Å². The highest BCUT2D eigenvalue weighted by atomic mass is 19.2. The predicted molar refractivity (Wildman–Crippen MR) is 83.5 cm³/mol. The molecule has 108 valence electrons. The van der Waals surface area contributed by atoms with Crippen molar-refractivity contribution in [1.82, 2.24) is 4.98 Å². The quantitative estimate of drug-likeness (QED) is 0.669. The summed E-state index contributed by atoms with van der Waals surface area (Å²) in [5, 5.41) is 8.21. The van der Waals surface area contributed by atoms with Gasteiger partial charge >= 0.3 is 0 Å². The zero-order valence-electron chi connectivity index (χ0n) is 11.5. The number of fused-ring (bicyclic) bond motifs is 2. The molecule has 1 aromatic heterocycles. The van der Waals surface area contributed by atoms with E-state index in [1.165, 1.54) is 0 Å². The molecule has 0 saturated carbocycles. The van der Waals surface area contributed by atoms with Crippen molar-refractivity contribution in [1.29, 1.82) is 0 Å². The van der Waals surface area contributed by atoms with Crippen LogP contribution in [0.5, 0.6) is 0 Å². The van der Waals surface area contributed by atoms with Crippen LogP contribution in [0.4, 0.5) is 20.2 Å². The van der Waals surface area contributed by atoms with Crippen molar-refractivity contribution in [2.45, 2.75) is 0 Å². The van der Waals surface area contributed by atoms with E-state index in [0.717, 1.165) is 34.5 Å². The summed E-state index contributed by atoms with van der Waals surface area (Å²) < 4.78 is 26.7. The third-order valence-electron chi connectivity index (χ3n) is 3.65. The monoisotopic (exact) mass is 295 g/mol. The Bertz CT molecular complexity index is 1000. The number of benzene rings is 2. The lowest BCUT2D eigenvalue weighted by atomic mass is 10.2. The van der Waals surface area contributed by atoms with Crippen molar-refractivity contribution >= 4 is 34.7 Å². The zero-order valence-corrected chi connectivity index (χ0v) is 11.5. The number of pyridine rings is 1. The standard InChI is InChI=1S/C17H11F2N3/c1-9-11(17-21-14-4-2-3-5-15(14)22-17)6-10-7-12(18)13(19)8-16(10)20-9/h2-8,21-22H,1H2. The molecule has 22 heavy (non-hydrogen) atoms. The van der Waals surface area contributed by atoms with Crippen LogP contribution >= 0.6 is 0 Å². The predicted octanol–water partition coefficient (Wildman–Crippen LogP) is 2.53. The maximum Gasteiger partial charge on any atom is 0.161 e. The number of nitrogens with zero attached hydrogens (tertiary/aromatic N) is 1. The van der Waals surface area contributed by atoms with Crippen molar-refractivity contribution in [2.75, 3.05) is 10.6 Å². The van der Waals surface area contributed by atoms with Gasteiger partial charge in [0.15, 0.2) is 11.6 Å². The van der Waals surface area contributed by atoms with Gasteiger partial charge in [0, 0.05) is 16.7 Å². The molecule has 0 spiro atoms. The molecule has 0 atom stereocenters. The Morgan fingerprint density at radius 2 is 1.55 bits per heavy atom. The lowest BCUT2D eigenvalue weighted by molar-refractivity contribution is 0.510. The van der Waals surface area contributed by atoms with Crippen molar-refractivity contribution < 1.29 is 8.78 Å². The van der Waals surface area contributed by atoms with Gasteiger partial charge in [-0.15, -0.1) is 0 Å². The number of aromatic nitrogens is 1. The number of para-hydroxylation sites is 2. The van der Waals surface area contributed by atoms with Crippen molar-refractivity contribution in [3.8, 4) is 0 Å². The molecule has 0 fully saturated rings. The minimum absolute atomic E-state index is 0.378. The van der Waals surface area contributed by atoms with Gasteiger partial charge in [-0.3, -0.25) is 0 Å². The molecular formula is C17H11F2N3. The van der Waals surface area contributed by atoms with E-state index < -0.39 is 11.6 Å². The first-order chi connectivity index (χ1) is 10.6. The lowest BCUT2D eigenvalue weighted by Gasteiger charge is -2.03. The second kappa shape index (κ2) is 4.53. The van der Waals surface area contributed by atoms with Gasteiger partial charge in [0.25, 0.3) is 0 Å². The Labute approximate surface area is 124 Å². The molecule has 3 nitrogen and oxygen atoms in total. The summed E-state index contributed by atoms with van der Waals surface area (Å²) in [5.74, 6) is -1.08. The van der Waals surface area contributed by atoms with Crippen LogP contribution in [-0.4, -0.2) is 4.98 Å². The fourth-order valence-electron chi connectivity index (χ4n) is 2.56. The topological polar surface area (TPSA) is 37.0 Å². The molecule has 1 aliphatic rings. The van der Waals surface area contributed by atoms with E-state index in [0.29, 0.717) is 16.3 Å². The number of rotatable bonds is 0. The summed E-state index contributed by atoms with van der Waals surface area (Å²) >= 11 is 0. The summed E-state index contributed by atoms with van der Waals surface area (Å²) in [6.45, 7) is 3.90. The molecule has 0 unspecified atom stereocenters. The minimum atomic E-state index is -0.913. The molecule has 0 bridgehead atoms. The van der Waals surface area contributed by atoms with Gasteiger partial charge in [0.2, 0.25) is 0 Å². The fraction of sp³-hybridized carbons (Fsp3) is 0. The maximum atomic E-state index is 13.4. The van der Waals surface area contributed by atoms with Gasteiger partial charge in [-0.1, -0.05) is 18.7 Å². The number of halogens is 2. The van der Waals surface area contributed by atoms with E-state index in [1.807, 2.05) is 24.3 Å². The molecular weight excluding hydrogens is 284 g/mol. The molecule has 3 aromatic rings. The molecule has 0 saturated heterocycles. The summed E-state index contributed by atoms with van der Waals surface area (Å²) in [6.07, 6.45) is 0. The SMILES string of the molecule is C=c1nc2cc(F)c(F)cc2cc1=C1Nc2ccccc2N1. The fourth-order valence-corrected chi connectivity index (χ4v) is 2.56. The Kier molecular flexibility index (Phi) is 2.63. The van der Waals surface area contributed by atoms with Crippen molar-refractivity contribution in [2.24, 2.45) is 0 Å². The smallest absolute Gasteiger partial charge is 0.161 e. The van der Waals surface area contributed by atoms with E-state index >= 15 is 0 Å². The number of hydrogen-bond acceptors (Lipinski definition) is 3. The van der Waals surface area contributed by atoms with Crippen LogP contribution in [0.15, 0.2) is 42.5 Å². The molecule has 2 heterocycles.